The molecule has 1 unspecified atom stereocenters. The number of aromatic nitrogens is 2. The zero-order valence-electron chi connectivity index (χ0n) is 21.1. The summed E-state index contributed by atoms with van der Waals surface area (Å²) in [6.45, 7) is 9.09. The predicted octanol–water partition coefficient (Wildman–Crippen LogP) is 6.78. The second kappa shape index (κ2) is 10.1. The minimum atomic E-state index is -0.192. The van der Waals surface area contributed by atoms with E-state index in [4.69, 9.17) is 21.7 Å². The summed E-state index contributed by atoms with van der Waals surface area (Å²) in [6, 6.07) is 25.0. The van der Waals surface area contributed by atoms with Crippen LogP contribution >= 0.6 is 12.2 Å². The van der Waals surface area contributed by atoms with Gasteiger partial charge in [0.05, 0.1) is 18.2 Å². The summed E-state index contributed by atoms with van der Waals surface area (Å²) in [5.41, 5.74) is 8.87. The molecular formula is C30H30N4OS. The van der Waals surface area contributed by atoms with Crippen molar-refractivity contribution in [3.8, 4) is 11.4 Å². The highest BCUT2D eigenvalue weighted by molar-refractivity contribution is 7.80. The Morgan fingerprint density at radius 3 is 2.47 bits per heavy atom. The molecule has 0 bridgehead atoms. The molecule has 5 nitrogen and oxygen atoms in total. The van der Waals surface area contributed by atoms with Gasteiger partial charge in [-0.3, -0.25) is 0 Å². The molecule has 3 aromatic carbocycles. The van der Waals surface area contributed by atoms with Crippen LogP contribution in [0.1, 0.15) is 53.6 Å². The Hall–Kier alpha value is -3.77. The van der Waals surface area contributed by atoms with Gasteiger partial charge in [-0.25, -0.2) is 0 Å². The van der Waals surface area contributed by atoms with Crippen LogP contribution in [0, 0.1) is 13.8 Å². The molecule has 1 aromatic heterocycles. The summed E-state index contributed by atoms with van der Waals surface area (Å²) >= 11 is 5.89. The summed E-state index contributed by atoms with van der Waals surface area (Å²) in [5, 5.41) is 8.59. The van der Waals surface area contributed by atoms with E-state index in [-0.39, 0.29) is 6.04 Å². The van der Waals surface area contributed by atoms with E-state index in [1.807, 2.05) is 12.1 Å². The van der Waals surface area contributed by atoms with Crippen LogP contribution in [-0.4, -0.2) is 20.2 Å². The molecule has 0 radical (unpaired) electrons. The largest absolute Gasteiger partial charge is 0.351 e. The fourth-order valence-electron chi connectivity index (χ4n) is 4.64. The first kappa shape index (κ1) is 23.9. The van der Waals surface area contributed by atoms with Gasteiger partial charge in [-0.15, -0.1) is 0 Å². The zero-order chi connectivity index (χ0) is 25.2. The maximum Gasteiger partial charge on any atom is 0.258 e. The second-order valence-electron chi connectivity index (χ2n) is 9.28. The van der Waals surface area contributed by atoms with Crippen molar-refractivity contribution in [1.82, 2.24) is 20.4 Å². The molecule has 36 heavy (non-hydrogen) atoms. The molecule has 0 fully saturated rings. The number of hydrogen-bond acceptors (Lipinski definition) is 4. The Labute approximate surface area is 217 Å². The Bertz CT molecular complexity index is 1440. The lowest BCUT2D eigenvalue weighted by Gasteiger charge is -2.37. The molecule has 182 valence electrons. The Morgan fingerprint density at radius 1 is 0.972 bits per heavy atom. The van der Waals surface area contributed by atoms with Crippen LogP contribution in [-0.2, 0) is 13.0 Å². The third-order valence-electron chi connectivity index (χ3n) is 6.84. The lowest BCUT2D eigenvalue weighted by atomic mass is 9.93. The van der Waals surface area contributed by atoms with E-state index in [1.54, 1.807) is 0 Å². The number of thiocarbonyl (C=S) groups is 1. The summed E-state index contributed by atoms with van der Waals surface area (Å²) in [7, 11) is 0. The van der Waals surface area contributed by atoms with Crippen molar-refractivity contribution in [2.24, 2.45) is 0 Å². The number of nitrogens with zero attached hydrogens (tertiary/aromatic N) is 3. The SMILES string of the molecule is CCc1ccc(C2NC(=S)N(Cc3ccccc3C)C(C)=C2c2nc(-c3cccc(C)c3)no2)cc1. The molecule has 1 aliphatic heterocycles. The number of rotatable bonds is 6. The summed E-state index contributed by atoms with van der Waals surface area (Å²) in [6.07, 6.45) is 0.992. The van der Waals surface area contributed by atoms with E-state index in [9.17, 15) is 0 Å². The normalized spacial score (nSPS) is 15.8. The molecule has 0 saturated carbocycles. The maximum absolute atomic E-state index is 5.89. The number of allylic oxidation sites excluding steroid dienone is 1. The smallest absolute Gasteiger partial charge is 0.258 e. The Kier molecular flexibility index (Phi) is 6.70. The lowest BCUT2D eigenvalue weighted by Crippen LogP contribution is -2.45. The first-order valence-corrected chi connectivity index (χ1v) is 12.7. The highest BCUT2D eigenvalue weighted by Gasteiger charge is 2.34. The van der Waals surface area contributed by atoms with Crippen LogP contribution in [0.15, 0.2) is 83.0 Å². The molecule has 0 saturated heterocycles. The third-order valence-corrected chi connectivity index (χ3v) is 7.18. The van der Waals surface area contributed by atoms with Gasteiger partial charge < -0.3 is 14.7 Å². The van der Waals surface area contributed by atoms with Gasteiger partial charge in [-0.1, -0.05) is 84.4 Å². The van der Waals surface area contributed by atoms with Gasteiger partial charge in [0, 0.05) is 11.3 Å². The van der Waals surface area contributed by atoms with Crippen molar-refractivity contribution in [3.05, 3.63) is 112 Å². The number of benzene rings is 3. The van der Waals surface area contributed by atoms with Gasteiger partial charge in [0.1, 0.15) is 0 Å². The number of nitrogens with one attached hydrogen (secondary N) is 1. The minimum Gasteiger partial charge on any atom is -0.351 e. The topological polar surface area (TPSA) is 54.2 Å². The van der Waals surface area contributed by atoms with Crippen molar-refractivity contribution in [3.63, 3.8) is 0 Å². The van der Waals surface area contributed by atoms with E-state index in [0.29, 0.717) is 23.4 Å². The maximum atomic E-state index is 5.89. The van der Waals surface area contributed by atoms with Gasteiger partial charge in [-0.05, 0) is 67.7 Å². The van der Waals surface area contributed by atoms with Crippen LogP contribution in [0.4, 0.5) is 0 Å². The van der Waals surface area contributed by atoms with E-state index >= 15 is 0 Å². The van der Waals surface area contributed by atoms with Gasteiger partial charge in [0.15, 0.2) is 5.11 Å². The van der Waals surface area contributed by atoms with E-state index in [0.717, 1.165) is 34.4 Å². The van der Waals surface area contributed by atoms with Gasteiger partial charge in [0.2, 0.25) is 5.82 Å². The standard InChI is InChI=1S/C30H30N4OS/c1-5-22-13-15-23(16-14-22)27-26(29-32-28(33-35-29)24-12-8-9-19(2)17-24)21(4)34(30(36)31-27)18-25-11-7-6-10-20(25)3/h6-17,27H,5,18H2,1-4H3,(H,31,36). The summed E-state index contributed by atoms with van der Waals surface area (Å²) in [4.78, 5) is 6.97. The van der Waals surface area contributed by atoms with Crippen molar-refractivity contribution >= 4 is 22.9 Å². The summed E-state index contributed by atoms with van der Waals surface area (Å²) < 4.78 is 5.89. The van der Waals surface area contributed by atoms with E-state index in [1.165, 1.54) is 16.7 Å². The molecule has 4 aromatic rings. The average molecular weight is 495 g/mol. The molecule has 1 atom stereocenters. The molecule has 1 aliphatic rings. The highest BCUT2D eigenvalue weighted by Crippen LogP contribution is 2.38. The highest BCUT2D eigenvalue weighted by atomic mass is 32.1. The molecule has 0 amide bonds. The van der Waals surface area contributed by atoms with Crippen LogP contribution < -0.4 is 5.32 Å². The van der Waals surface area contributed by atoms with Crippen molar-refractivity contribution in [2.75, 3.05) is 0 Å². The fourth-order valence-corrected chi connectivity index (χ4v) is 4.96. The van der Waals surface area contributed by atoms with Crippen molar-refractivity contribution < 1.29 is 4.52 Å². The van der Waals surface area contributed by atoms with Gasteiger partial charge in [0.25, 0.3) is 5.89 Å². The fraction of sp³-hybridized carbons (Fsp3) is 0.233. The van der Waals surface area contributed by atoms with E-state index < -0.39 is 0 Å². The molecule has 0 spiro atoms. The predicted molar refractivity (Wildman–Crippen MR) is 148 cm³/mol. The number of aryl methyl sites for hydroxylation is 3. The monoisotopic (exact) mass is 494 g/mol. The molecular weight excluding hydrogens is 464 g/mol. The molecule has 5 rings (SSSR count). The minimum absolute atomic E-state index is 0.192. The third kappa shape index (κ3) is 4.69. The Morgan fingerprint density at radius 2 is 1.75 bits per heavy atom. The first-order valence-electron chi connectivity index (χ1n) is 12.3. The summed E-state index contributed by atoms with van der Waals surface area (Å²) in [5.74, 6) is 1.08. The van der Waals surface area contributed by atoms with Crippen molar-refractivity contribution in [2.45, 2.75) is 46.7 Å². The number of hydrogen-bond donors (Lipinski definition) is 1. The molecule has 2 heterocycles. The quantitative estimate of drug-likeness (QED) is 0.298. The van der Waals surface area contributed by atoms with Crippen LogP contribution in [0.3, 0.4) is 0 Å². The lowest BCUT2D eigenvalue weighted by molar-refractivity contribution is 0.396. The second-order valence-corrected chi connectivity index (χ2v) is 9.67. The van der Waals surface area contributed by atoms with Crippen molar-refractivity contribution in [1.29, 1.82) is 0 Å². The molecule has 6 heteroatoms. The van der Waals surface area contributed by atoms with Gasteiger partial charge >= 0.3 is 0 Å². The first-order chi connectivity index (χ1) is 17.4. The molecule has 1 N–H and O–H groups in total. The van der Waals surface area contributed by atoms with Crippen LogP contribution in [0.2, 0.25) is 0 Å². The average Bonchev–Trinajstić information content (AvgIpc) is 3.37. The van der Waals surface area contributed by atoms with E-state index in [2.05, 4.69) is 104 Å². The van der Waals surface area contributed by atoms with Crippen LogP contribution in [0.5, 0.6) is 0 Å². The molecule has 0 aliphatic carbocycles. The zero-order valence-corrected chi connectivity index (χ0v) is 21.9. The van der Waals surface area contributed by atoms with Gasteiger partial charge in [-0.2, -0.15) is 4.98 Å². The Balaban J connectivity index is 1.60. The van der Waals surface area contributed by atoms with Crippen LogP contribution in [0.25, 0.3) is 17.0 Å².